The lowest BCUT2D eigenvalue weighted by Gasteiger charge is -2.31. The summed E-state index contributed by atoms with van der Waals surface area (Å²) in [7, 11) is -3.49. The number of amides is 2. The van der Waals surface area contributed by atoms with Crippen LogP contribution in [0.4, 0.5) is 11.4 Å². The molecule has 36 heavy (non-hydrogen) atoms. The summed E-state index contributed by atoms with van der Waals surface area (Å²) in [6.45, 7) is 4.97. The molecule has 0 atom stereocenters. The summed E-state index contributed by atoms with van der Waals surface area (Å²) in [5.74, 6) is 0.611. The van der Waals surface area contributed by atoms with Gasteiger partial charge < -0.3 is 10.2 Å². The van der Waals surface area contributed by atoms with Crippen LogP contribution >= 0.6 is 22.9 Å². The highest BCUT2D eigenvalue weighted by molar-refractivity contribution is 7.92. The molecule has 1 saturated heterocycles. The summed E-state index contributed by atoms with van der Waals surface area (Å²) in [5, 5.41) is 3.04. The minimum absolute atomic E-state index is 0.106. The lowest BCUT2D eigenvalue weighted by Crippen LogP contribution is -2.36. The predicted octanol–water partition coefficient (Wildman–Crippen LogP) is 4.52. The highest BCUT2D eigenvalue weighted by atomic mass is 35.5. The van der Waals surface area contributed by atoms with Crippen molar-refractivity contribution >= 4 is 56.2 Å². The first-order valence-corrected chi connectivity index (χ1v) is 14.3. The normalized spacial score (nSPS) is 14.5. The van der Waals surface area contributed by atoms with Crippen LogP contribution in [0.1, 0.15) is 45.8 Å². The molecule has 3 aromatic rings. The van der Waals surface area contributed by atoms with Crippen LogP contribution in [0.15, 0.2) is 36.7 Å². The number of thiophene rings is 1. The summed E-state index contributed by atoms with van der Waals surface area (Å²) in [5.41, 5.74) is 2.44. The summed E-state index contributed by atoms with van der Waals surface area (Å²) in [4.78, 5) is 36.8. The Kier molecular flexibility index (Phi) is 7.62. The first-order valence-electron chi connectivity index (χ1n) is 11.3. The molecule has 2 aromatic heterocycles. The second kappa shape index (κ2) is 10.5. The first-order chi connectivity index (χ1) is 17.0. The molecule has 0 bridgehead atoms. The molecule has 9 nitrogen and oxygen atoms in total. The zero-order valence-corrected chi connectivity index (χ0v) is 22.4. The van der Waals surface area contributed by atoms with Gasteiger partial charge >= 0.3 is 0 Å². The van der Waals surface area contributed by atoms with Gasteiger partial charge in [-0.25, -0.2) is 18.4 Å². The Morgan fingerprint density at radius 3 is 2.33 bits per heavy atom. The minimum Gasteiger partial charge on any atom is -0.343 e. The van der Waals surface area contributed by atoms with E-state index in [4.69, 9.17) is 11.6 Å². The number of likely N-dealkylation sites (tertiary alicyclic amines) is 1. The first kappa shape index (κ1) is 26.1. The summed E-state index contributed by atoms with van der Waals surface area (Å²) in [6, 6.07) is 6.24. The monoisotopic (exact) mass is 547 g/mol. The summed E-state index contributed by atoms with van der Waals surface area (Å²) < 4.78 is 25.4. The van der Waals surface area contributed by atoms with Crippen LogP contribution in [-0.4, -0.2) is 54.4 Å². The van der Waals surface area contributed by atoms with Gasteiger partial charge in [0.25, 0.3) is 5.91 Å². The molecule has 2 amide bonds. The van der Waals surface area contributed by atoms with E-state index in [2.05, 4.69) is 20.0 Å². The molecule has 190 valence electrons. The number of benzene rings is 1. The molecular formula is C24H26ClN5O4S2. The van der Waals surface area contributed by atoms with Crippen LogP contribution in [0.5, 0.6) is 0 Å². The fraction of sp³-hybridized carbons (Fsp3) is 0.333. The van der Waals surface area contributed by atoms with E-state index in [0.717, 1.165) is 48.2 Å². The van der Waals surface area contributed by atoms with Gasteiger partial charge in [0, 0.05) is 53.6 Å². The molecule has 0 unspecified atom stereocenters. The number of aryl methyl sites for hydroxylation is 1. The quantitative estimate of drug-likeness (QED) is 0.468. The van der Waals surface area contributed by atoms with Gasteiger partial charge in [-0.1, -0.05) is 11.6 Å². The molecule has 4 rings (SSSR count). The number of halogens is 1. The third-order valence-corrected chi connectivity index (χ3v) is 7.80. The molecule has 2 N–H and O–H groups in total. The van der Waals surface area contributed by atoms with Gasteiger partial charge in [-0.15, -0.1) is 11.3 Å². The lowest BCUT2D eigenvalue weighted by atomic mass is 9.91. The van der Waals surface area contributed by atoms with Crippen molar-refractivity contribution in [2.75, 3.05) is 29.4 Å². The van der Waals surface area contributed by atoms with Crippen molar-refractivity contribution in [1.82, 2.24) is 14.9 Å². The molecule has 0 saturated carbocycles. The molecule has 3 heterocycles. The average Bonchev–Trinajstić information content (AvgIpc) is 3.19. The fourth-order valence-electron chi connectivity index (χ4n) is 4.16. The van der Waals surface area contributed by atoms with E-state index in [0.29, 0.717) is 22.3 Å². The maximum atomic E-state index is 12.9. The van der Waals surface area contributed by atoms with Gasteiger partial charge in [0.1, 0.15) is 0 Å². The van der Waals surface area contributed by atoms with Crippen LogP contribution in [0, 0.1) is 6.92 Å². The van der Waals surface area contributed by atoms with Crippen molar-refractivity contribution in [1.29, 1.82) is 0 Å². The molecule has 1 aliphatic rings. The van der Waals surface area contributed by atoms with E-state index < -0.39 is 10.0 Å². The summed E-state index contributed by atoms with van der Waals surface area (Å²) in [6.07, 6.45) is 6.46. The lowest BCUT2D eigenvalue weighted by molar-refractivity contribution is -0.129. The maximum absolute atomic E-state index is 12.9. The average molecular weight is 548 g/mol. The van der Waals surface area contributed by atoms with E-state index >= 15 is 0 Å². The summed E-state index contributed by atoms with van der Waals surface area (Å²) >= 11 is 7.41. The maximum Gasteiger partial charge on any atom is 0.265 e. The number of hydrogen-bond donors (Lipinski definition) is 2. The Hall–Kier alpha value is -3.02. The number of anilines is 2. The van der Waals surface area contributed by atoms with Crippen LogP contribution < -0.4 is 10.0 Å². The number of piperidine rings is 1. The zero-order valence-electron chi connectivity index (χ0n) is 20.0. The highest BCUT2D eigenvalue weighted by Crippen LogP contribution is 2.32. The SMILES string of the molecule is CC(=O)N1CCC(c2cnc(-c3cc(C(=O)Nc4cc(Cl)cc(NS(C)(=O)=O)c4)sc3C)nc2)CC1. The van der Waals surface area contributed by atoms with Crippen molar-refractivity contribution in [3.63, 3.8) is 0 Å². The highest BCUT2D eigenvalue weighted by Gasteiger charge is 2.23. The Bertz CT molecular complexity index is 1400. The Labute approximate surface area is 219 Å². The second-order valence-corrected chi connectivity index (χ2v) is 12.2. The standard InChI is InChI=1S/C24H26ClN5O4S2/c1-14-21(23-26-12-17(13-27-23)16-4-6-30(7-5-16)15(2)31)11-22(35-14)24(32)28-19-8-18(25)9-20(10-19)29-36(3,33)34/h8-13,16,29H,4-7H2,1-3H3,(H,28,32). The van der Waals surface area contributed by atoms with Crippen molar-refractivity contribution in [3.8, 4) is 11.4 Å². The number of aromatic nitrogens is 2. The van der Waals surface area contributed by atoms with Gasteiger partial charge in [0.2, 0.25) is 15.9 Å². The Morgan fingerprint density at radius 2 is 1.72 bits per heavy atom. The molecule has 0 aliphatic carbocycles. The third kappa shape index (κ3) is 6.40. The smallest absolute Gasteiger partial charge is 0.265 e. The number of nitrogens with one attached hydrogen (secondary N) is 2. The Morgan fingerprint density at radius 1 is 1.08 bits per heavy atom. The van der Waals surface area contributed by atoms with Crippen LogP contribution in [0.3, 0.4) is 0 Å². The fourth-order valence-corrected chi connectivity index (χ4v) is 5.85. The third-order valence-electron chi connectivity index (χ3n) is 5.92. The number of rotatable bonds is 6. The van der Waals surface area contributed by atoms with E-state index in [1.165, 1.54) is 29.5 Å². The van der Waals surface area contributed by atoms with Crippen molar-refractivity contribution in [3.05, 3.63) is 57.0 Å². The van der Waals surface area contributed by atoms with E-state index in [-0.39, 0.29) is 22.5 Å². The molecule has 1 aliphatic heterocycles. The number of nitrogens with zero attached hydrogens (tertiary/aromatic N) is 3. The van der Waals surface area contributed by atoms with Gasteiger partial charge in [0.05, 0.1) is 16.8 Å². The number of carbonyl (C=O) groups is 2. The number of carbonyl (C=O) groups excluding carboxylic acids is 2. The van der Waals surface area contributed by atoms with Gasteiger partial charge in [-0.2, -0.15) is 0 Å². The number of sulfonamides is 1. The molecule has 0 radical (unpaired) electrons. The van der Waals surface area contributed by atoms with Crippen molar-refractivity contribution in [2.24, 2.45) is 0 Å². The van der Waals surface area contributed by atoms with Crippen molar-refractivity contribution in [2.45, 2.75) is 32.6 Å². The van der Waals surface area contributed by atoms with Crippen LogP contribution in [0.2, 0.25) is 5.02 Å². The van der Waals surface area contributed by atoms with E-state index in [1.54, 1.807) is 13.0 Å². The van der Waals surface area contributed by atoms with Gasteiger partial charge in [-0.05, 0) is 55.5 Å². The molecule has 1 aromatic carbocycles. The van der Waals surface area contributed by atoms with Gasteiger partial charge in [-0.3, -0.25) is 14.3 Å². The largest absolute Gasteiger partial charge is 0.343 e. The molecule has 1 fully saturated rings. The zero-order chi connectivity index (χ0) is 26.0. The minimum atomic E-state index is -3.49. The second-order valence-electron chi connectivity index (χ2n) is 8.76. The van der Waals surface area contributed by atoms with E-state index in [9.17, 15) is 18.0 Å². The topological polar surface area (TPSA) is 121 Å². The molecular weight excluding hydrogens is 522 g/mol. The van der Waals surface area contributed by atoms with Crippen LogP contribution in [-0.2, 0) is 14.8 Å². The molecule has 12 heteroatoms. The van der Waals surface area contributed by atoms with E-state index in [1.807, 2.05) is 24.2 Å². The molecule has 0 spiro atoms. The van der Waals surface area contributed by atoms with Gasteiger partial charge in [0.15, 0.2) is 5.82 Å². The predicted molar refractivity (Wildman–Crippen MR) is 142 cm³/mol. The Balaban J connectivity index is 1.46. The van der Waals surface area contributed by atoms with Crippen molar-refractivity contribution < 1.29 is 18.0 Å². The van der Waals surface area contributed by atoms with Crippen LogP contribution in [0.25, 0.3) is 11.4 Å². The number of hydrogen-bond acceptors (Lipinski definition) is 7.